The number of aliphatic hydroxyl groups is 1. The molecule has 9 nitrogen and oxygen atoms in total. The maximum atomic E-state index is 12.1. The fraction of sp³-hybridized carbons (Fsp3) is 0.300. The van der Waals surface area contributed by atoms with E-state index >= 15 is 0 Å². The Hall–Kier alpha value is -2.95. The van der Waals surface area contributed by atoms with Gasteiger partial charge in [-0.25, -0.2) is 17.5 Å². The Balaban J connectivity index is 1.80. The van der Waals surface area contributed by atoms with Crippen LogP contribution >= 0.6 is 0 Å². The molecule has 0 aliphatic rings. The highest BCUT2D eigenvalue weighted by Crippen LogP contribution is 2.18. The fourth-order valence-electron chi connectivity index (χ4n) is 2.33. The van der Waals surface area contributed by atoms with Crippen molar-refractivity contribution in [3.8, 4) is 5.75 Å². The quantitative estimate of drug-likeness (QED) is 0.414. The van der Waals surface area contributed by atoms with Crippen LogP contribution in [0.3, 0.4) is 0 Å². The number of nitrogens with one attached hydrogen (secondary N) is 1. The van der Waals surface area contributed by atoms with Gasteiger partial charge in [0.1, 0.15) is 19.0 Å². The van der Waals surface area contributed by atoms with Crippen LogP contribution in [0.1, 0.15) is 10.4 Å². The van der Waals surface area contributed by atoms with E-state index in [1.807, 2.05) is 0 Å². The van der Waals surface area contributed by atoms with E-state index in [4.69, 9.17) is 9.47 Å². The van der Waals surface area contributed by atoms with Gasteiger partial charge in [0.25, 0.3) is 5.91 Å². The third-order valence-electron chi connectivity index (χ3n) is 4.01. The molecule has 0 saturated carbocycles. The Labute approximate surface area is 175 Å². The third kappa shape index (κ3) is 6.28. The van der Waals surface area contributed by atoms with Crippen LogP contribution in [0.5, 0.6) is 5.75 Å². The molecule has 0 fully saturated rings. The van der Waals surface area contributed by atoms with Crippen LogP contribution in [-0.2, 0) is 19.6 Å². The van der Waals surface area contributed by atoms with E-state index in [0.29, 0.717) is 11.3 Å². The summed E-state index contributed by atoms with van der Waals surface area (Å²) >= 11 is 0. The third-order valence-corrected chi connectivity index (χ3v) is 5.84. The van der Waals surface area contributed by atoms with Gasteiger partial charge in [0.15, 0.2) is 6.04 Å². The molecule has 0 aliphatic carbocycles. The average Bonchev–Trinajstić information content (AvgIpc) is 2.75. The van der Waals surface area contributed by atoms with Gasteiger partial charge in [-0.05, 0) is 36.4 Å². The van der Waals surface area contributed by atoms with Crippen molar-refractivity contribution in [1.82, 2.24) is 9.62 Å². The number of benzene rings is 2. The number of hydrogen-bond acceptors (Lipinski definition) is 7. The zero-order chi connectivity index (χ0) is 22.1. The largest absolute Gasteiger partial charge is 0.490 e. The predicted molar refractivity (Wildman–Crippen MR) is 109 cm³/mol. The summed E-state index contributed by atoms with van der Waals surface area (Å²) in [6.07, 6.45) is 0. The van der Waals surface area contributed by atoms with Gasteiger partial charge in [-0.15, -0.1) is 0 Å². The molecule has 0 heterocycles. The molecule has 0 saturated heterocycles. The number of nitrogens with zero attached hydrogens (tertiary/aromatic N) is 1. The molecule has 10 heteroatoms. The number of esters is 1. The van der Waals surface area contributed by atoms with Crippen LogP contribution in [0.4, 0.5) is 0 Å². The number of ether oxygens (including phenoxy) is 2. The Morgan fingerprint density at radius 1 is 1.03 bits per heavy atom. The van der Waals surface area contributed by atoms with Gasteiger partial charge in [-0.2, -0.15) is 0 Å². The van der Waals surface area contributed by atoms with E-state index in [0.717, 1.165) is 4.31 Å². The molecule has 30 heavy (non-hydrogen) atoms. The van der Waals surface area contributed by atoms with Crippen molar-refractivity contribution in [1.29, 1.82) is 0 Å². The number of aliphatic hydroxyl groups excluding tert-OH is 1. The standard InChI is InChI=1S/C20H24N2O7S/c1-22(2)30(26,27)17-10-8-16(9-11-17)28-12-13-29-20(25)18(14-23)21-19(24)15-6-4-3-5-7-15/h3-11,18,23H,12-14H2,1-2H3,(H,21,24). The van der Waals surface area contributed by atoms with Crippen molar-refractivity contribution < 1.29 is 32.6 Å². The van der Waals surface area contributed by atoms with Crippen molar-refractivity contribution in [2.75, 3.05) is 33.9 Å². The second-order valence-corrected chi connectivity index (χ2v) is 8.50. The second-order valence-electron chi connectivity index (χ2n) is 6.35. The first-order valence-corrected chi connectivity index (χ1v) is 10.5. The summed E-state index contributed by atoms with van der Waals surface area (Å²) in [5.41, 5.74) is 0.354. The van der Waals surface area contributed by atoms with E-state index in [1.165, 1.54) is 38.4 Å². The van der Waals surface area contributed by atoms with Crippen molar-refractivity contribution in [3.63, 3.8) is 0 Å². The maximum Gasteiger partial charge on any atom is 0.331 e. The molecule has 2 N–H and O–H groups in total. The Kier molecular flexibility index (Phi) is 8.34. The zero-order valence-electron chi connectivity index (χ0n) is 16.6. The molecule has 162 valence electrons. The van der Waals surface area contributed by atoms with E-state index < -0.39 is 34.5 Å². The smallest absolute Gasteiger partial charge is 0.331 e. The normalized spacial score (nSPS) is 12.3. The van der Waals surface area contributed by atoms with E-state index in [2.05, 4.69) is 5.32 Å². The molecule has 2 aromatic carbocycles. The topological polar surface area (TPSA) is 122 Å². The van der Waals surface area contributed by atoms with E-state index in [1.54, 1.807) is 30.3 Å². The van der Waals surface area contributed by atoms with Crippen molar-refractivity contribution in [2.24, 2.45) is 0 Å². The number of sulfonamides is 1. The highest BCUT2D eigenvalue weighted by Gasteiger charge is 2.22. The van der Waals surface area contributed by atoms with E-state index in [-0.39, 0.29) is 18.1 Å². The van der Waals surface area contributed by atoms with Crippen molar-refractivity contribution in [2.45, 2.75) is 10.9 Å². The maximum absolute atomic E-state index is 12.1. The molecule has 2 aromatic rings. The summed E-state index contributed by atoms with van der Waals surface area (Å²) in [7, 11) is -0.641. The minimum Gasteiger partial charge on any atom is -0.490 e. The van der Waals surface area contributed by atoms with Gasteiger partial charge < -0.3 is 19.9 Å². The molecule has 0 spiro atoms. The molecule has 1 amide bonds. The second kappa shape index (κ2) is 10.7. The van der Waals surface area contributed by atoms with Crippen LogP contribution in [0.2, 0.25) is 0 Å². The summed E-state index contributed by atoms with van der Waals surface area (Å²) in [4.78, 5) is 24.3. The summed E-state index contributed by atoms with van der Waals surface area (Å²) in [6.45, 7) is -0.718. The molecule has 1 unspecified atom stereocenters. The van der Waals surface area contributed by atoms with Crippen LogP contribution < -0.4 is 10.1 Å². The van der Waals surface area contributed by atoms with Crippen LogP contribution in [0.25, 0.3) is 0 Å². The van der Waals surface area contributed by atoms with Crippen molar-refractivity contribution in [3.05, 3.63) is 60.2 Å². The van der Waals surface area contributed by atoms with E-state index in [9.17, 15) is 23.1 Å². The van der Waals surface area contributed by atoms with Gasteiger partial charge in [0.2, 0.25) is 10.0 Å². The Bertz CT molecular complexity index is 945. The minimum atomic E-state index is -3.52. The van der Waals surface area contributed by atoms with Crippen LogP contribution in [0, 0.1) is 0 Å². The summed E-state index contributed by atoms with van der Waals surface area (Å²) in [5, 5.41) is 11.8. The monoisotopic (exact) mass is 436 g/mol. The first kappa shape index (κ1) is 23.3. The van der Waals surface area contributed by atoms with Crippen LogP contribution in [0.15, 0.2) is 59.5 Å². The summed E-state index contributed by atoms with van der Waals surface area (Å²) in [6, 6.07) is 12.9. The number of carbonyl (C=O) groups is 2. The number of amides is 1. The lowest BCUT2D eigenvalue weighted by Crippen LogP contribution is -2.44. The molecule has 0 aromatic heterocycles. The van der Waals surface area contributed by atoms with Gasteiger partial charge in [0, 0.05) is 19.7 Å². The summed E-state index contributed by atoms with van der Waals surface area (Å²) in [5.74, 6) is -0.895. The predicted octanol–water partition coefficient (Wildman–Crippen LogP) is 0.650. The highest BCUT2D eigenvalue weighted by atomic mass is 32.2. The first-order chi connectivity index (χ1) is 14.3. The first-order valence-electron chi connectivity index (χ1n) is 9.04. The Morgan fingerprint density at radius 3 is 2.23 bits per heavy atom. The van der Waals surface area contributed by atoms with Crippen LogP contribution in [-0.4, -0.2) is 69.7 Å². The van der Waals surface area contributed by atoms with Gasteiger partial charge in [0.05, 0.1) is 11.5 Å². The number of rotatable bonds is 10. The van der Waals surface area contributed by atoms with Gasteiger partial charge >= 0.3 is 5.97 Å². The highest BCUT2D eigenvalue weighted by molar-refractivity contribution is 7.89. The minimum absolute atomic E-state index is 0.0102. The molecular weight excluding hydrogens is 412 g/mol. The summed E-state index contributed by atoms with van der Waals surface area (Å²) < 4.78 is 35.6. The SMILES string of the molecule is CN(C)S(=O)(=O)c1ccc(OCCOC(=O)C(CO)NC(=O)c2ccccc2)cc1. The van der Waals surface area contributed by atoms with Gasteiger partial charge in [-0.1, -0.05) is 18.2 Å². The molecule has 2 rings (SSSR count). The molecule has 0 radical (unpaired) electrons. The lowest BCUT2D eigenvalue weighted by Gasteiger charge is -2.16. The van der Waals surface area contributed by atoms with Crippen molar-refractivity contribution >= 4 is 21.9 Å². The zero-order valence-corrected chi connectivity index (χ0v) is 17.5. The average molecular weight is 436 g/mol. The molecule has 1 atom stereocenters. The number of carbonyl (C=O) groups excluding carboxylic acids is 2. The molecule has 0 bridgehead atoms. The fourth-order valence-corrected chi connectivity index (χ4v) is 3.23. The Morgan fingerprint density at radius 2 is 1.67 bits per heavy atom. The molecular formula is C20H24N2O7S. The molecule has 0 aliphatic heterocycles. The van der Waals surface area contributed by atoms with Gasteiger partial charge in [-0.3, -0.25) is 4.79 Å². The lowest BCUT2D eigenvalue weighted by atomic mass is 10.2. The lowest BCUT2D eigenvalue weighted by molar-refractivity contribution is -0.147. The number of hydrogen-bond donors (Lipinski definition) is 2.